The van der Waals surface area contributed by atoms with E-state index < -0.39 is 0 Å². The van der Waals surface area contributed by atoms with E-state index in [4.69, 9.17) is 4.74 Å². The molecule has 224 valence electrons. The van der Waals surface area contributed by atoms with Gasteiger partial charge in [0.2, 0.25) is 0 Å². The van der Waals surface area contributed by atoms with Gasteiger partial charge in [-0.2, -0.15) is 0 Å². The van der Waals surface area contributed by atoms with Crippen molar-refractivity contribution in [1.29, 1.82) is 5.26 Å². The third-order valence-electron chi connectivity index (χ3n) is 7.53. The van der Waals surface area contributed by atoms with Gasteiger partial charge in [-0.25, -0.2) is 0 Å². The molecule has 0 saturated carbocycles. The number of hydrogen-bond donors (Lipinski definition) is 2. The van der Waals surface area contributed by atoms with Crippen LogP contribution >= 0.6 is 0 Å². The molecule has 1 atom stereocenters. The van der Waals surface area contributed by atoms with Gasteiger partial charge < -0.3 is 15.4 Å². The summed E-state index contributed by atoms with van der Waals surface area (Å²) in [5, 5.41) is 16.0. The number of hydrogen-bond acceptors (Lipinski definition) is 4. The average molecular weight is 566 g/mol. The van der Waals surface area contributed by atoms with Crippen LogP contribution in [-0.2, 0) is 25.7 Å². The van der Waals surface area contributed by atoms with Gasteiger partial charge in [0.25, 0.3) is 6.26 Å². The van der Waals surface area contributed by atoms with Crippen molar-refractivity contribution in [2.75, 3.05) is 18.4 Å². The Labute approximate surface area is 255 Å². The van der Waals surface area contributed by atoms with E-state index in [0.29, 0.717) is 5.75 Å². The summed E-state index contributed by atoms with van der Waals surface area (Å²) in [6, 6.07) is 18.2. The molecule has 1 unspecified atom stereocenters. The SMILES string of the molecule is C=CNCCc1ccc(C(CC(=C)C)c2ccc(NCC)c(OC#N)c2C)cc1Cc1cc(CC)cc(CC)c1.CC. The second kappa shape index (κ2) is 17.8. The number of nitrogens with zero attached hydrogens (tertiary/aromatic N) is 1. The number of aryl methyl sites for hydroxylation is 2. The fourth-order valence-electron chi connectivity index (χ4n) is 5.50. The van der Waals surface area contributed by atoms with Gasteiger partial charge in [0.05, 0.1) is 5.69 Å². The Bertz CT molecular complexity index is 1340. The van der Waals surface area contributed by atoms with Crippen LogP contribution in [0.5, 0.6) is 5.75 Å². The van der Waals surface area contributed by atoms with Crippen LogP contribution in [-0.4, -0.2) is 13.1 Å². The summed E-state index contributed by atoms with van der Waals surface area (Å²) in [5.74, 6) is 0.700. The van der Waals surface area contributed by atoms with Crippen LogP contribution in [0.3, 0.4) is 0 Å². The molecule has 0 bridgehead atoms. The molecule has 0 amide bonds. The topological polar surface area (TPSA) is 57.1 Å². The minimum atomic E-state index is 0.0986. The monoisotopic (exact) mass is 565 g/mol. The van der Waals surface area contributed by atoms with Gasteiger partial charge in [-0.15, -0.1) is 11.8 Å². The van der Waals surface area contributed by atoms with E-state index in [-0.39, 0.29) is 5.92 Å². The summed E-state index contributed by atoms with van der Waals surface area (Å²) in [4.78, 5) is 0. The number of allylic oxidation sites excluding steroid dienone is 1. The molecule has 42 heavy (non-hydrogen) atoms. The highest BCUT2D eigenvalue weighted by Crippen LogP contribution is 2.40. The summed E-state index contributed by atoms with van der Waals surface area (Å²) in [5.41, 5.74) is 12.2. The smallest absolute Gasteiger partial charge is 0.292 e. The second-order valence-corrected chi connectivity index (χ2v) is 10.6. The van der Waals surface area contributed by atoms with Crippen LogP contribution in [0, 0.1) is 18.4 Å². The molecular weight excluding hydrogens is 514 g/mol. The highest BCUT2D eigenvalue weighted by atomic mass is 16.5. The van der Waals surface area contributed by atoms with Crippen LogP contribution in [0.1, 0.15) is 98.4 Å². The molecule has 2 N–H and O–H groups in total. The molecule has 0 aliphatic rings. The van der Waals surface area contributed by atoms with E-state index >= 15 is 0 Å². The molecular formula is C38H51N3O. The van der Waals surface area contributed by atoms with E-state index in [2.05, 4.69) is 87.0 Å². The van der Waals surface area contributed by atoms with Crippen molar-refractivity contribution in [3.63, 3.8) is 0 Å². The maximum atomic E-state index is 9.37. The molecule has 3 aromatic carbocycles. The number of ether oxygens (including phenoxy) is 1. The second-order valence-electron chi connectivity index (χ2n) is 10.6. The lowest BCUT2D eigenvalue weighted by Gasteiger charge is -2.24. The first-order valence-electron chi connectivity index (χ1n) is 15.5. The minimum Gasteiger partial charge on any atom is -0.391 e. The van der Waals surface area contributed by atoms with E-state index in [1.807, 2.05) is 40.0 Å². The Morgan fingerprint density at radius 2 is 1.64 bits per heavy atom. The van der Waals surface area contributed by atoms with Gasteiger partial charge in [0, 0.05) is 19.0 Å². The molecule has 0 aliphatic carbocycles. The molecule has 0 fully saturated rings. The van der Waals surface area contributed by atoms with Crippen molar-refractivity contribution < 1.29 is 4.74 Å². The summed E-state index contributed by atoms with van der Waals surface area (Å²) < 4.78 is 5.48. The molecule has 3 aromatic rings. The highest BCUT2D eigenvalue weighted by Gasteiger charge is 2.22. The van der Waals surface area contributed by atoms with Gasteiger partial charge >= 0.3 is 0 Å². The summed E-state index contributed by atoms with van der Waals surface area (Å²) in [6.07, 6.45) is 8.35. The van der Waals surface area contributed by atoms with Crippen LogP contribution in [0.15, 0.2) is 73.5 Å². The molecule has 3 rings (SSSR count). The third-order valence-corrected chi connectivity index (χ3v) is 7.53. The van der Waals surface area contributed by atoms with Crippen LogP contribution in [0.25, 0.3) is 0 Å². The first kappa shape index (κ1) is 34.2. The minimum absolute atomic E-state index is 0.0986. The van der Waals surface area contributed by atoms with E-state index in [1.54, 1.807) is 6.20 Å². The largest absolute Gasteiger partial charge is 0.391 e. The molecule has 4 nitrogen and oxygen atoms in total. The molecule has 0 radical (unpaired) electrons. The molecule has 0 aromatic heterocycles. The fraction of sp³-hybridized carbons (Fsp3) is 0.395. The number of anilines is 1. The summed E-state index contributed by atoms with van der Waals surface area (Å²) in [7, 11) is 0. The van der Waals surface area contributed by atoms with Gasteiger partial charge in [0.1, 0.15) is 0 Å². The number of rotatable bonds is 15. The standard InChI is InChI=1S/C36H45N3O.C2H6/c1-8-27-19-28(9-2)21-29(20-27)22-32-23-31(13-12-30(32)16-17-38-10-3)34(18-25(5)6)33-14-15-35(39-11-4)36(26(33)7)40-24-37;1-2/h10,12-15,19-21,23,34,38-39H,3,5,8-9,11,16-18,22H2,1-2,4,6-7H3;1-2H3. The van der Waals surface area contributed by atoms with Crippen molar-refractivity contribution in [2.24, 2.45) is 0 Å². The quantitative estimate of drug-likeness (QED) is 0.109. The lowest BCUT2D eigenvalue weighted by atomic mass is 9.82. The number of benzene rings is 3. The van der Waals surface area contributed by atoms with Gasteiger partial charge in [0.15, 0.2) is 5.75 Å². The zero-order valence-corrected chi connectivity index (χ0v) is 27.0. The van der Waals surface area contributed by atoms with E-state index in [9.17, 15) is 5.26 Å². The highest BCUT2D eigenvalue weighted by molar-refractivity contribution is 5.64. The number of nitriles is 1. The van der Waals surface area contributed by atoms with Crippen LogP contribution in [0.2, 0.25) is 0 Å². The average Bonchev–Trinajstić information content (AvgIpc) is 2.99. The maximum absolute atomic E-state index is 9.37. The Morgan fingerprint density at radius 1 is 0.976 bits per heavy atom. The summed E-state index contributed by atoms with van der Waals surface area (Å²) in [6.45, 7) is 24.3. The zero-order valence-electron chi connectivity index (χ0n) is 27.0. The van der Waals surface area contributed by atoms with Crippen LogP contribution < -0.4 is 15.4 Å². The summed E-state index contributed by atoms with van der Waals surface area (Å²) >= 11 is 0. The van der Waals surface area contributed by atoms with Crippen molar-refractivity contribution in [3.05, 3.63) is 118 Å². The molecule has 0 heterocycles. The normalized spacial score (nSPS) is 11.0. The zero-order chi connectivity index (χ0) is 31.1. The molecule has 0 aliphatic heterocycles. The van der Waals surface area contributed by atoms with Crippen molar-refractivity contribution in [3.8, 4) is 12.0 Å². The Balaban J connectivity index is 0.00000301. The predicted octanol–water partition coefficient (Wildman–Crippen LogP) is 9.40. The Kier molecular flexibility index (Phi) is 14.5. The van der Waals surface area contributed by atoms with Gasteiger partial charge in [-0.3, -0.25) is 0 Å². The van der Waals surface area contributed by atoms with Crippen molar-refractivity contribution in [1.82, 2.24) is 5.32 Å². The third kappa shape index (κ3) is 9.28. The van der Waals surface area contributed by atoms with E-state index in [0.717, 1.165) is 67.6 Å². The van der Waals surface area contributed by atoms with Gasteiger partial charge in [-0.1, -0.05) is 82.3 Å². The van der Waals surface area contributed by atoms with Crippen molar-refractivity contribution >= 4 is 5.69 Å². The molecule has 0 spiro atoms. The Hall–Kier alpha value is -3.97. The Morgan fingerprint density at radius 3 is 2.21 bits per heavy atom. The number of nitrogens with one attached hydrogen (secondary N) is 2. The molecule has 0 saturated heterocycles. The van der Waals surface area contributed by atoms with E-state index in [1.165, 1.54) is 33.4 Å². The van der Waals surface area contributed by atoms with Gasteiger partial charge in [-0.05, 0) is 110 Å². The fourth-order valence-corrected chi connectivity index (χ4v) is 5.50. The van der Waals surface area contributed by atoms with Crippen LogP contribution in [0.4, 0.5) is 5.69 Å². The lowest BCUT2D eigenvalue weighted by molar-refractivity contribution is 0.503. The predicted molar refractivity (Wildman–Crippen MR) is 181 cm³/mol. The lowest BCUT2D eigenvalue weighted by Crippen LogP contribution is -2.12. The first-order chi connectivity index (χ1) is 20.3. The maximum Gasteiger partial charge on any atom is 0.292 e. The van der Waals surface area contributed by atoms with Crippen molar-refractivity contribution in [2.45, 2.75) is 86.5 Å². The molecule has 4 heteroatoms. The first-order valence-corrected chi connectivity index (χ1v) is 15.5.